The van der Waals surface area contributed by atoms with Gasteiger partial charge in [-0.1, -0.05) is 12.1 Å². The Morgan fingerprint density at radius 1 is 1.29 bits per heavy atom. The molecule has 0 radical (unpaired) electrons. The molecule has 1 saturated heterocycles. The van der Waals surface area contributed by atoms with Gasteiger partial charge in [0.2, 0.25) is 0 Å². The molecule has 1 fully saturated rings. The van der Waals surface area contributed by atoms with E-state index in [1.54, 1.807) is 12.1 Å². The third-order valence-electron chi connectivity index (χ3n) is 5.06. The molecular formula is C19H24FNO3. The predicted octanol–water partition coefficient (Wildman–Crippen LogP) is 3.18. The first-order valence-electron chi connectivity index (χ1n) is 8.61. The van der Waals surface area contributed by atoms with Crippen molar-refractivity contribution >= 4 is 5.91 Å². The first-order valence-corrected chi connectivity index (χ1v) is 8.61. The maximum absolute atomic E-state index is 13.0. The van der Waals surface area contributed by atoms with E-state index < -0.39 is 6.10 Å². The number of amides is 1. The summed E-state index contributed by atoms with van der Waals surface area (Å²) in [6.07, 6.45) is 2.55. The topological polar surface area (TPSA) is 49.8 Å². The molecular weight excluding hydrogens is 309 g/mol. The fourth-order valence-corrected chi connectivity index (χ4v) is 3.54. The van der Waals surface area contributed by atoms with Gasteiger partial charge in [-0.2, -0.15) is 0 Å². The number of hydrogen-bond acceptors (Lipinski definition) is 3. The van der Waals surface area contributed by atoms with Crippen molar-refractivity contribution in [3.05, 3.63) is 47.0 Å². The fraction of sp³-hybridized carbons (Fsp3) is 0.526. The minimum absolute atomic E-state index is 0.0712. The van der Waals surface area contributed by atoms with Crippen molar-refractivity contribution in [3.63, 3.8) is 0 Å². The number of rotatable bonds is 3. The van der Waals surface area contributed by atoms with Crippen LogP contribution in [0.5, 0.6) is 0 Å². The first kappa shape index (κ1) is 17.0. The summed E-state index contributed by atoms with van der Waals surface area (Å²) in [5.41, 5.74) is 1.53. The average molecular weight is 333 g/mol. The molecule has 5 heteroatoms. The van der Waals surface area contributed by atoms with E-state index in [-0.39, 0.29) is 17.6 Å². The number of allylic oxidation sites excluding steroid dienone is 1. The van der Waals surface area contributed by atoms with Crippen LogP contribution in [0.15, 0.2) is 35.6 Å². The molecule has 0 aromatic heterocycles. The Bertz CT molecular complexity index is 618. The molecule has 2 aliphatic rings. The molecule has 3 rings (SSSR count). The van der Waals surface area contributed by atoms with Gasteiger partial charge in [0.15, 0.2) is 0 Å². The second-order valence-electron chi connectivity index (χ2n) is 6.61. The highest BCUT2D eigenvalue weighted by atomic mass is 19.1. The van der Waals surface area contributed by atoms with Gasteiger partial charge in [0.25, 0.3) is 5.91 Å². The van der Waals surface area contributed by atoms with Crippen LogP contribution in [-0.4, -0.2) is 35.6 Å². The maximum atomic E-state index is 13.0. The zero-order valence-corrected chi connectivity index (χ0v) is 14.0. The molecule has 4 nitrogen and oxygen atoms in total. The lowest BCUT2D eigenvalue weighted by molar-refractivity contribution is -0.129. The Balaban J connectivity index is 1.59. The number of hydrogen-bond donors (Lipinski definition) is 1. The van der Waals surface area contributed by atoms with Crippen molar-refractivity contribution in [2.24, 2.45) is 5.92 Å². The van der Waals surface area contributed by atoms with Crippen LogP contribution in [0.4, 0.5) is 4.39 Å². The van der Waals surface area contributed by atoms with Crippen molar-refractivity contribution < 1.29 is 19.0 Å². The SMILES string of the molecule is CC1=C(C(=O)N2CCC(C(O)c3ccc(F)cc3)CC2)CCCO1. The summed E-state index contributed by atoms with van der Waals surface area (Å²) in [5.74, 6) is 0.614. The van der Waals surface area contributed by atoms with E-state index >= 15 is 0 Å². The molecule has 1 unspecified atom stereocenters. The zero-order chi connectivity index (χ0) is 17.1. The Hall–Kier alpha value is -1.88. The molecule has 1 N–H and O–H groups in total. The van der Waals surface area contributed by atoms with E-state index in [0.717, 1.165) is 42.6 Å². The van der Waals surface area contributed by atoms with Crippen molar-refractivity contribution in [1.82, 2.24) is 4.90 Å². The van der Waals surface area contributed by atoms with E-state index in [1.807, 2.05) is 11.8 Å². The Kier molecular flexibility index (Phi) is 5.19. The highest BCUT2D eigenvalue weighted by Crippen LogP contribution is 2.32. The van der Waals surface area contributed by atoms with Crippen molar-refractivity contribution in [2.45, 2.75) is 38.7 Å². The molecule has 130 valence electrons. The third kappa shape index (κ3) is 3.61. The summed E-state index contributed by atoms with van der Waals surface area (Å²) in [5, 5.41) is 10.5. The molecule has 24 heavy (non-hydrogen) atoms. The molecule has 2 aliphatic heterocycles. The Morgan fingerprint density at radius 2 is 1.96 bits per heavy atom. The van der Waals surface area contributed by atoms with Gasteiger partial charge in [-0.15, -0.1) is 0 Å². The number of carbonyl (C=O) groups is 1. The lowest BCUT2D eigenvalue weighted by atomic mass is 9.87. The summed E-state index contributed by atoms with van der Waals surface area (Å²) in [7, 11) is 0. The number of benzene rings is 1. The molecule has 0 saturated carbocycles. The second-order valence-corrected chi connectivity index (χ2v) is 6.61. The van der Waals surface area contributed by atoms with E-state index in [1.165, 1.54) is 12.1 Å². The highest BCUT2D eigenvalue weighted by molar-refractivity contribution is 5.94. The van der Waals surface area contributed by atoms with Gasteiger partial charge >= 0.3 is 0 Å². The number of carbonyl (C=O) groups excluding carboxylic acids is 1. The number of piperidine rings is 1. The van der Waals surface area contributed by atoms with Crippen LogP contribution in [0.2, 0.25) is 0 Å². The molecule has 1 atom stereocenters. The summed E-state index contributed by atoms with van der Waals surface area (Å²) < 4.78 is 18.5. The Labute approximate surface area is 141 Å². The number of aliphatic hydroxyl groups excluding tert-OH is 1. The molecule has 0 spiro atoms. The maximum Gasteiger partial charge on any atom is 0.253 e. The summed E-state index contributed by atoms with van der Waals surface area (Å²) in [6.45, 7) is 3.82. The van der Waals surface area contributed by atoms with Gasteiger partial charge < -0.3 is 14.7 Å². The van der Waals surface area contributed by atoms with Crippen molar-refractivity contribution in [3.8, 4) is 0 Å². The van der Waals surface area contributed by atoms with E-state index in [9.17, 15) is 14.3 Å². The van der Waals surface area contributed by atoms with Crippen LogP contribution in [0.25, 0.3) is 0 Å². The van der Waals surface area contributed by atoms with Crippen molar-refractivity contribution in [1.29, 1.82) is 0 Å². The third-order valence-corrected chi connectivity index (χ3v) is 5.06. The number of aliphatic hydroxyl groups is 1. The van der Waals surface area contributed by atoms with Crippen LogP contribution in [0, 0.1) is 11.7 Å². The summed E-state index contributed by atoms with van der Waals surface area (Å²) in [6, 6.07) is 6.00. The minimum Gasteiger partial charge on any atom is -0.498 e. The molecule has 1 aromatic carbocycles. The minimum atomic E-state index is -0.609. The van der Waals surface area contributed by atoms with E-state index in [2.05, 4.69) is 0 Å². The number of likely N-dealkylation sites (tertiary alicyclic amines) is 1. The Morgan fingerprint density at radius 3 is 2.58 bits per heavy atom. The summed E-state index contributed by atoms with van der Waals surface area (Å²) >= 11 is 0. The van der Waals surface area contributed by atoms with Crippen molar-refractivity contribution in [2.75, 3.05) is 19.7 Å². The van der Waals surface area contributed by atoms with Gasteiger partial charge in [-0.05, 0) is 56.2 Å². The highest BCUT2D eigenvalue weighted by Gasteiger charge is 2.30. The van der Waals surface area contributed by atoms with Crippen LogP contribution >= 0.6 is 0 Å². The van der Waals surface area contributed by atoms with E-state index in [0.29, 0.717) is 19.7 Å². The summed E-state index contributed by atoms with van der Waals surface area (Å²) in [4.78, 5) is 14.5. The molecule has 2 heterocycles. The van der Waals surface area contributed by atoms with Gasteiger partial charge in [0.05, 0.1) is 18.3 Å². The van der Waals surface area contributed by atoms with Gasteiger partial charge in [0.1, 0.15) is 11.6 Å². The van der Waals surface area contributed by atoms with Gasteiger partial charge in [-0.25, -0.2) is 4.39 Å². The zero-order valence-electron chi connectivity index (χ0n) is 14.0. The van der Waals surface area contributed by atoms with Crippen LogP contribution in [0.3, 0.4) is 0 Å². The smallest absolute Gasteiger partial charge is 0.253 e. The van der Waals surface area contributed by atoms with E-state index in [4.69, 9.17) is 4.74 Å². The number of halogens is 1. The predicted molar refractivity (Wildman–Crippen MR) is 88.5 cm³/mol. The number of ether oxygens (including phenoxy) is 1. The molecule has 0 aliphatic carbocycles. The first-order chi connectivity index (χ1) is 11.6. The van der Waals surface area contributed by atoms with Crippen LogP contribution in [-0.2, 0) is 9.53 Å². The monoisotopic (exact) mass is 333 g/mol. The number of nitrogens with zero attached hydrogens (tertiary/aromatic N) is 1. The standard InChI is InChI=1S/C19H24FNO3/c1-13-17(3-2-12-24-13)19(23)21-10-8-15(9-11-21)18(22)14-4-6-16(20)7-5-14/h4-7,15,18,22H,2-3,8-12H2,1H3. The van der Waals surface area contributed by atoms with Crippen LogP contribution in [0.1, 0.15) is 44.3 Å². The average Bonchev–Trinajstić information content (AvgIpc) is 2.62. The fourth-order valence-electron chi connectivity index (χ4n) is 3.54. The second kappa shape index (κ2) is 7.34. The lowest BCUT2D eigenvalue weighted by Gasteiger charge is -2.35. The van der Waals surface area contributed by atoms with Crippen LogP contribution < -0.4 is 0 Å². The molecule has 1 aromatic rings. The largest absolute Gasteiger partial charge is 0.498 e. The molecule has 1 amide bonds. The van der Waals surface area contributed by atoms with Gasteiger partial charge in [0, 0.05) is 13.1 Å². The normalized spacial score (nSPS) is 20.7. The van der Waals surface area contributed by atoms with Gasteiger partial charge in [-0.3, -0.25) is 4.79 Å². The lowest BCUT2D eigenvalue weighted by Crippen LogP contribution is -2.41. The quantitative estimate of drug-likeness (QED) is 0.924. The molecule has 0 bridgehead atoms.